The number of hydrogen-bond donors (Lipinski definition) is 0. The standard InChI is InChI=1S/C19H25NO2/c1-4-12-22-18-11-10-17(13-19(18)21-3)15-20(2)14-16-8-6-5-7-9-16/h5-11,13H,4,12,14-15H2,1-3H3. The van der Waals surface area contributed by atoms with Crippen molar-refractivity contribution >= 4 is 0 Å². The minimum Gasteiger partial charge on any atom is -0.493 e. The average Bonchev–Trinajstić information content (AvgIpc) is 2.54. The van der Waals surface area contributed by atoms with Crippen LogP contribution in [0.1, 0.15) is 24.5 Å². The fraction of sp³-hybridized carbons (Fsp3) is 0.368. The van der Waals surface area contributed by atoms with Crippen molar-refractivity contribution in [2.24, 2.45) is 0 Å². The van der Waals surface area contributed by atoms with Gasteiger partial charge in [-0.3, -0.25) is 4.90 Å². The molecule has 0 bridgehead atoms. The largest absolute Gasteiger partial charge is 0.493 e. The second kappa shape index (κ2) is 8.44. The molecule has 0 saturated heterocycles. The molecule has 0 aliphatic rings. The SMILES string of the molecule is CCCOc1ccc(CN(C)Cc2ccccc2)cc1OC. The van der Waals surface area contributed by atoms with Crippen molar-refractivity contribution in [2.45, 2.75) is 26.4 Å². The van der Waals surface area contributed by atoms with Crippen molar-refractivity contribution in [2.75, 3.05) is 20.8 Å². The molecule has 0 atom stereocenters. The molecule has 0 spiro atoms. The summed E-state index contributed by atoms with van der Waals surface area (Å²) in [4.78, 5) is 2.29. The third-order valence-corrected chi connectivity index (χ3v) is 3.44. The number of hydrogen-bond acceptors (Lipinski definition) is 3. The van der Waals surface area contributed by atoms with E-state index in [1.165, 1.54) is 11.1 Å². The van der Waals surface area contributed by atoms with Crippen LogP contribution in [0.15, 0.2) is 48.5 Å². The second-order valence-corrected chi connectivity index (χ2v) is 5.49. The van der Waals surface area contributed by atoms with Gasteiger partial charge in [0, 0.05) is 13.1 Å². The van der Waals surface area contributed by atoms with Crippen LogP contribution in [-0.2, 0) is 13.1 Å². The Morgan fingerprint density at radius 3 is 2.32 bits per heavy atom. The van der Waals surface area contributed by atoms with E-state index in [9.17, 15) is 0 Å². The summed E-state index contributed by atoms with van der Waals surface area (Å²) in [6, 6.07) is 16.7. The van der Waals surface area contributed by atoms with Gasteiger partial charge in [-0.05, 0) is 36.7 Å². The lowest BCUT2D eigenvalue weighted by atomic mass is 10.1. The molecule has 3 nitrogen and oxygen atoms in total. The molecule has 2 aromatic carbocycles. The molecular weight excluding hydrogens is 274 g/mol. The molecule has 0 aromatic heterocycles. The first-order valence-electron chi connectivity index (χ1n) is 7.75. The monoisotopic (exact) mass is 299 g/mol. The molecular formula is C19H25NO2. The van der Waals surface area contributed by atoms with Crippen LogP contribution in [0, 0.1) is 0 Å². The van der Waals surface area contributed by atoms with Gasteiger partial charge in [0.25, 0.3) is 0 Å². The fourth-order valence-electron chi connectivity index (χ4n) is 2.40. The summed E-state index contributed by atoms with van der Waals surface area (Å²) in [5, 5.41) is 0. The lowest BCUT2D eigenvalue weighted by molar-refractivity contribution is 0.292. The summed E-state index contributed by atoms with van der Waals surface area (Å²) in [6.07, 6.45) is 0.991. The summed E-state index contributed by atoms with van der Waals surface area (Å²) in [5.41, 5.74) is 2.54. The molecule has 22 heavy (non-hydrogen) atoms. The molecule has 0 fully saturated rings. The average molecular weight is 299 g/mol. The third kappa shape index (κ3) is 4.78. The highest BCUT2D eigenvalue weighted by Gasteiger charge is 2.08. The number of nitrogens with zero attached hydrogens (tertiary/aromatic N) is 1. The van der Waals surface area contributed by atoms with Crippen LogP contribution in [-0.4, -0.2) is 25.7 Å². The highest BCUT2D eigenvalue weighted by atomic mass is 16.5. The predicted molar refractivity (Wildman–Crippen MR) is 90.4 cm³/mol. The van der Waals surface area contributed by atoms with Gasteiger partial charge in [-0.25, -0.2) is 0 Å². The Hall–Kier alpha value is -2.00. The van der Waals surface area contributed by atoms with Crippen LogP contribution in [0.25, 0.3) is 0 Å². The van der Waals surface area contributed by atoms with Gasteiger partial charge in [-0.2, -0.15) is 0 Å². The molecule has 2 rings (SSSR count). The molecule has 0 aliphatic carbocycles. The first kappa shape index (κ1) is 16.4. The Bertz CT molecular complexity index is 569. The van der Waals surface area contributed by atoms with Crippen LogP contribution in [0.2, 0.25) is 0 Å². The Labute approximate surface area is 133 Å². The molecule has 0 saturated carbocycles. The van der Waals surface area contributed by atoms with Crippen LogP contribution in [0.4, 0.5) is 0 Å². The van der Waals surface area contributed by atoms with Gasteiger partial charge in [0.1, 0.15) is 0 Å². The highest BCUT2D eigenvalue weighted by Crippen LogP contribution is 2.28. The van der Waals surface area contributed by atoms with Gasteiger partial charge >= 0.3 is 0 Å². The number of methoxy groups -OCH3 is 1. The fourth-order valence-corrected chi connectivity index (χ4v) is 2.40. The lowest BCUT2D eigenvalue weighted by Crippen LogP contribution is -2.17. The normalized spacial score (nSPS) is 10.7. The van der Waals surface area contributed by atoms with Gasteiger partial charge in [-0.15, -0.1) is 0 Å². The number of benzene rings is 2. The van der Waals surface area contributed by atoms with E-state index in [0.717, 1.165) is 31.0 Å². The minimum atomic E-state index is 0.712. The minimum absolute atomic E-state index is 0.712. The summed E-state index contributed by atoms with van der Waals surface area (Å²) < 4.78 is 11.1. The molecule has 0 aliphatic heterocycles. The van der Waals surface area contributed by atoms with E-state index in [-0.39, 0.29) is 0 Å². The van der Waals surface area contributed by atoms with Crippen molar-refractivity contribution in [3.05, 3.63) is 59.7 Å². The Balaban J connectivity index is 2.00. The topological polar surface area (TPSA) is 21.7 Å². The number of ether oxygens (including phenoxy) is 2. The first-order valence-corrected chi connectivity index (χ1v) is 7.75. The van der Waals surface area contributed by atoms with Crippen LogP contribution < -0.4 is 9.47 Å². The van der Waals surface area contributed by atoms with Crippen molar-refractivity contribution in [1.29, 1.82) is 0 Å². The van der Waals surface area contributed by atoms with E-state index in [2.05, 4.69) is 55.3 Å². The van der Waals surface area contributed by atoms with Gasteiger partial charge in [0.05, 0.1) is 13.7 Å². The van der Waals surface area contributed by atoms with Gasteiger partial charge in [0.2, 0.25) is 0 Å². The first-order chi connectivity index (χ1) is 10.7. The van der Waals surface area contributed by atoms with Crippen molar-refractivity contribution in [3.8, 4) is 11.5 Å². The summed E-state index contributed by atoms with van der Waals surface area (Å²) in [6.45, 7) is 4.61. The van der Waals surface area contributed by atoms with Crippen molar-refractivity contribution < 1.29 is 9.47 Å². The molecule has 0 unspecified atom stereocenters. The molecule has 118 valence electrons. The van der Waals surface area contributed by atoms with Gasteiger partial charge in [-0.1, -0.05) is 43.3 Å². The maximum absolute atomic E-state index is 5.69. The van der Waals surface area contributed by atoms with Crippen molar-refractivity contribution in [1.82, 2.24) is 4.90 Å². The summed E-state index contributed by atoms with van der Waals surface area (Å²) in [5.74, 6) is 1.62. The molecule has 0 radical (unpaired) electrons. The Morgan fingerprint density at radius 2 is 1.64 bits per heavy atom. The molecule has 0 amide bonds. The van der Waals surface area contributed by atoms with Crippen molar-refractivity contribution in [3.63, 3.8) is 0 Å². The zero-order valence-corrected chi connectivity index (χ0v) is 13.7. The van der Waals surface area contributed by atoms with Gasteiger partial charge in [0.15, 0.2) is 11.5 Å². The zero-order chi connectivity index (χ0) is 15.8. The smallest absolute Gasteiger partial charge is 0.161 e. The maximum atomic E-state index is 5.69. The van der Waals surface area contributed by atoms with E-state index in [0.29, 0.717) is 6.61 Å². The zero-order valence-electron chi connectivity index (χ0n) is 13.7. The Kier molecular flexibility index (Phi) is 6.28. The third-order valence-electron chi connectivity index (χ3n) is 3.44. The van der Waals surface area contributed by atoms with E-state index >= 15 is 0 Å². The molecule has 2 aromatic rings. The maximum Gasteiger partial charge on any atom is 0.161 e. The quantitative estimate of drug-likeness (QED) is 0.732. The predicted octanol–water partition coefficient (Wildman–Crippen LogP) is 4.12. The second-order valence-electron chi connectivity index (χ2n) is 5.49. The Morgan fingerprint density at radius 1 is 0.909 bits per heavy atom. The van der Waals surface area contributed by atoms with Crippen LogP contribution in [0.3, 0.4) is 0 Å². The summed E-state index contributed by atoms with van der Waals surface area (Å²) >= 11 is 0. The lowest BCUT2D eigenvalue weighted by Gasteiger charge is -2.18. The molecule has 0 N–H and O–H groups in total. The highest BCUT2D eigenvalue weighted by molar-refractivity contribution is 5.43. The van der Waals surface area contributed by atoms with Crippen LogP contribution in [0.5, 0.6) is 11.5 Å². The molecule has 0 heterocycles. The van der Waals surface area contributed by atoms with Gasteiger partial charge < -0.3 is 9.47 Å². The van der Waals surface area contributed by atoms with Crippen LogP contribution >= 0.6 is 0 Å². The number of rotatable bonds is 8. The van der Waals surface area contributed by atoms with E-state index < -0.39 is 0 Å². The summed E-state index contributed by atoms with van der Waals surface area (Å²) in [7, 11) is 3.81. The van der Waals surface area contributed by atoms with E-state index in [1.54, 1.807) is 7.11 Å². The van der Waals surface area contributed by atoms with E-state index in [1.807, 2.05) is 12.1 Å². The van der Waals surface area contributed by atoms with E-state index in [4.69, 9.17) is 9.47 Å². The molecule has 3 heteroatoms.